The van der Waals surface area contributed by atoms with E-state index in [1.54, 1.807) is 0 Å². The van der Waals surface area contributed by atoms with Crippen LogP contribution in [0.4, 0.5) is 0 Å². The summed E-state index contributed by atoms with van der Waals surface area (Å²) in [6.07, 6.45) is 1.47. The van der Waals surface area contributed by atoms with Crippen molar-refractivity contribution >= 4 is 51.6 Å². The van der Waals surface area contributed by atoms with Crippen LogP contribution in [0.15, 0.2) is 0 Å². The quantitative estimate of drug-likeness (QED) is 0.295. The number of hydrogen-bond acceptors (Lipinski definition) is 2. The van der Waals surface area contributed by atoms with E-state index < -0.39 is 10.4 Å². The van der Waals surface area contributed by atoms with Crippen LogP contribution in [-0.4, -0.2) is 53.5 Å². The Morgan fingerprint density at radius 3 is 1.25 bits per heavy atom. The summed E-state index contributed by atoms with van der Waals surface area (Å²) in [6, 6.07) is 0. The molecule has 0 aliphatic rings. The molecule has 0 spiro atoms. The van der Waals surface area contributed by atoms with Crippen molar-refractivity contribution in [3.63, 3.8) is 0 Å². The first-order valence-electron chi connectivity index (χ1n) is 1.08. The van der Waals surface area contributed by atoms with Gasteiger partial charge in [0.05, 0.1) is 0 Å². The molecule has 0 aromatic carbocycles. The number of alkyl halides is 1. The molecule has 0 aliphatic heterocycles. The van der Waals surface area contributed by atoms with Gasteiger partial charge >= 0.3 is 40.0 Å². The van der Waals surface area contributed by atoms with Crippen LogP contribution in [0.3, 0.4) is 0 Å². The Morgan fingerprint density at radius 1 is 1.25 bits per heavy atom. The van der Waals surface area contributed by atoms with Gasteiger partial charge in [-0.25, -0.2) is 0 Å². The summed E-state index contributed by atoms with van der Waals surface area (Å²) in [6.45, 7) is 0. The molecule has 2 N–H and O–H groups in total. The topological polar surface area (TPSA) is 74.6 Å². The van der Waals surface area contributed by atoms with Gasteiger partial charge in [0.1, 0.15) is 0 Å². The molecular formula is CH6ClNaO4S. The molecule has 0 saturated carbocycles. The van der Waals surface area contributed by atoms with Crippen LogP contribution in [0.25, 0.3) is 0 Å². The van der Waals surface area contributed by atoms with E-state index in [1.807, 2.05) is 0 Å². The third kappa shape index (κ3) is 202. The molecule has 0 rings (SSSR count). The second-order valence-corrected chi connectivity index (χ2v) is 1.34. The minimum absolute atomic E-state index is 0. The fourth-order valence-corrected chi connectivity index (χ4v) is 0. The van der Waals surface area contributed by atoms with Gasteiger partial charge in [-0.1, -0.05) is 0 Å². The summed E-state index contributed by atoms with van der Waals surface area (Å²) in [7, 11) is -4.67. The third-order valence-corrected chi connectivity index (χ3v) is 0. The zero-order chi connectivity index (χ0) is 6.50. The maximum atomic E-state index is 8.74. The first kappa shape index (κ1) is 16.1. The first-order valence-corrected chi connectivity index (χ1v) is 3.23. The summed E-state index contributed by atoms with van der Waals surface area (Å²) in [4.78, 5) is 0. The van der Waals surface area contributed by atoms with Crippen molar-refractivity contribution in [2.24, 2.45) is 0 Å². The SMILES string of the molecule is CCl.O=S(=O)(O)O.[NaH]. The molecule has 48 valence electrons. The molecule has 0 saturated heterocycles. The van der Waals surface area contributed by atoms with Gasteiger partial charge in [-0.2, -0.15) is 8.42 Å². The summed E-state index contributed by atoms with van der Waals surface area (Å²) in [5, 5.41) is 0. The number of rotatable bonds is 0. The third-order valence-electron chi connectivity index (χ3n) is 0. The number of hydrogen-bond donors (Lipinski definition) is 2. The summed E-state index contributed by atoms with van der Waals surface area (Å²) in [5.41, 5.74) is 0. The van der Waals surface area contributed by atoms with Crippen LogP contribution in [0.2, 0.25) is 0 Å². The van der Waals surface area contributed by atoms with Gasteiger partial charge in [0.25, 0.3) is 0 Å². The Bertz CT molecular complexity index is 99.2. The van der Waals surface area contributed by atoms with Crippen molar-refractivity contribution in [1.82, 2.24) is 0 Å². The van der Waals surface area contributed by atoms with E-state index in [-0.39, 0.29) is 29.6 Å². The Kier molecular flexibility index (Phi) is 16.4. The van der Waals surface area contributed by atoms with Crippen molar-refractivity contribution in [2.45, 2.75) is 0 Å². The van der Waals surface area contributed by atoms with Crippen LogP contribution in [0.1, 0.15) is 0 Å². The van der Waals surface area contributed by atoms with E-state index >= 15 is 0 Å². The van der Waals surface area contributed by atoms with Gasteiger partial charge in [0, 0.05) is 6.38 Å². The van der Waals surface area contributed by atoms with E-state index in [0.29, 0.717) is 0 Å². The average molecular weight is 173 g/mol. The molecular weight excluding hydrogens is 167 g/mol. The van der Waals surface area contributed by atoms with Crippen molar-refractivity contribution in [3.05, 3.63) is 0 Å². The molecule has 0 radical (unpaired) electrons. The standard InChI is InChI=1S/CH3Cl.Na.H2O4S.H/c1-2;;1-5(2,3)4;/h1H3;;(H2,1,2,3,4);. The van der Waals surface area contributed by atoms with Gasteiger partial charge in [0.15, 0.2) is 0 Å². The van der Waals surface area contributed by atoms with Gasteiger partial charge in [-0.3, -0.25) is 9.11 Å². The van der Waals surface area contributed by atoms with E-state index in [9.17, 15) is 0 Å². The zero-order valence-corrected chi connectivity index (χ0v) is 5.07. The van der Waals surface area contributed by atoms with Gasteiger partial charge < -0.3 is 0 Å². The molecule has 0 atom stereocenters. The van der Waals surface area contributed by atoms with Gasteiger partial charge in [-0.05, 0) is 0 Å². The van der Waals surface area contributed by atoms with Crippen molar-refractivity contribution in [3.8, 4) is 0 Å². The van der Waals surface area contributed by atoms with Crippen molar-refractivity contribution in [1.29, 1.82) is 0 Å². The number of halogens is 1. The Morgan fingerprint density at radius 2 is 1.25 bits per heavy atom. The van der Waals surface area contributed by atoms with Crippen molar-refractivity contribution in [2.75, 3.05) is 6.38 Å². The monoisotopic (exact) mass is 172 g/mol. The Labute approximate surface area is 75.1 Å². The first-order chi connectivity index (χ1) is 3.00. The fraction of sp³-hybridized carbons (Fsp3) is 1.00. The molecule has 7 heteroatoms. The summed E-state index contributed by atoms with van der Waals surface area (Å²) < 4.78 is 31.6. The molecule has 0 aromatic heterocycles. The molecule has 0 amide bonds. The van der Waals surface area contributed by atoms with Crippen molar-refractivity contribution < 1.29 is 17.5 Å². The zero-order valence-electron chi connectivity index (χ0n) is 3.50. The normalized spacial score (nSPS) is 8.00. The predicted molar refractivity (Wildman–Crippen MR) is 33.1 cm³/mol. The van der Waals surface area contributed by atoms with Gasteiger partial charge in [0.2, 0.25) is 0 Å². The van der Waals surface area contributed by atoms with Crippen LogP contribution in [0, 0.1) is 0 Å². The summed E-state index contributed by atoms with van der Waals surface area (Å²) in [5.74, 6) is 0. The van der Waals surface area contributed by atoms with Crippen LogP contribution in [0.5, 0.6) is 0 Å². The molecule has 0 fully saturated rings. The average Bonchev–Trinajstić information content (AvgIpc) is 1.36. The Balaban J connectivity index is -0.0000000750. The summed E-state index contributed by atoms with van der Waals surface area (Å²) >= 11 is 4.64. The van der Waals surface area contributed by atoms with Gasteiger partial charge in [-0.15, -0.1) is 11.6 Å². The Hall–Kier alpha value is 1.16. The molecule has 4 nitrogen and oxygen atoms in total. The van der Waals surface area contributed by atoms with Crippen LogP contribution < -0.4 is 0 Å². The molecule has 0 bridgehead atoms. The molecule has 8 heavy (non-hydrogen) atoms. The maximum absolute atomic E-state index is 8.74. The molecule has 0 aliphatic carbocycles. The van der Waals surface area contributed by atoms with Crippen LogP contribution in [-0.2, 0) is 10.4 Å². The van der Waals surface area contributed by atoms with E-state index in [4.69, 9.17) is 17.5 Å². The van der Waals surface area contributed by atoms with Crippen LogP contribution >= 0.6 is 11.6 Å². The minimum atomic E-state index is -4.67. The molecule has 0 aromatic rings. The molecule has 0 heterocycles. The van der Waals surface area contributed by atoms with E-state index in [2.05, 4.69) is 11.6 Å². The fourth-order valence-electron chi connectivity index (χ4n) is 0. The second kappa shape index (κ2) is 8.16. The van der Waals surface area contributed by atoms with E-state index in [0.717, 1.165) is 0 Å². The second-order valence-electron chi connectivity index (χ2n) is 0.448. The molecule has 0 unspecified atom stereocenters. The predicted octanol–water partition coefficient (Wildman–Crippen LogP) is -0.446. The van der Waals surface area contributed by atoms with E-state index in [1.165, 1.54) is 6.38 Å².